The molecule has 0 aliphatic rings. The van der Waals surface area contributed by atoms with Gasteiger partial charge in [0, 0.05) is 5.92 Å². The first-order valence-electron chi connectivity index (χ1n) is 9.57. The lowest BCUT2D eigenvalue weighted by molar-refractivity contribution is 0.0601. The van der Waals surface area contributed by atoms with E-state index in [0.29, 0.717) is 44.9 Å². The molecule has 31 heavy (non-hydrogen) atoms. The number of aromatic nitrogens is 4. The van der Waals surface area contributed by atoms with Crippen LogP contribution in [0.1, 0.15) is 47.6 Å². The Morgan fingerprint density at radius 3 is 2.77 bits per heavy atom. The highest BCUT2D eigenvalue weighted by Crippen LogP contribution is 2.24. The highest BCUT2D eigenvalue weighted by molar-refractivity contribution is 7.98. The van der Waals surface area contributed by atoms with Crippen molar-refractivity contribution < 1.29 is 18.5 Å². The SMILES string of the molecule is COC(=O)c1ccc2c(=O)n(Cc3ccco3)c(SCc3nc(C(C)C)no3)nc2c1. The van der Waals surface area contributed by atoms with Crippen molar-refractivity contribution in [1.29, 1.82) is 0 Å². The third-order valence-electron chi connectivity index (χ3n) is 4.56. The summed E-state index contributed by atoms with van der Waals surface area (Å²) < 4.78 is 17.0. The van der Waals surface area contributed by atoms with Gasteiger partial charge in [-0.2, -0.15) is 4.98 Å². The quantitative estimate of drug-likeness (QED) is 0.241. The molecule has 0 aliphatic heterocycles. The van der Waals surface area contributed by atoms with Crippen LogP contribution in [0.25, 0.3) is 10.9 Å². The van der Waals surface area contributed by atoms with Gasteiger partial charge in [-0.1, -0.05) is 30.8 Å². The number of nitrogens with zero attached hydrogens (tertiary/aromatic N) is 4. The first kappa shape index (κ1) is 20.9. The molecule has 0 atom stereocenters. The molecule has 4 rings (SSSR count). The lowest BCUT2D eigenvalue weighted by Gasteiger charge is -2.12. The number of carbonyl (C=O) groups excluding carboxylic acids is 1. The molecule has 0 unspecified atom stereocenters. The number of thioether (sulfide) groups is 1. The Hall–Kier alpha value is -3.40. The fourth-order valence-corrected chi connectivity index (χ4v) is 3.78. The Balaban J connectivity index is 1.74. The summed E-state index contributed by atoms with van der Waals surface area (Å²) in [6, 6.07) is 8.23. The van der Waals surface area contributed by atoms with E-state index in [4.69, 9.17) is 13.7 Å². The number of hydrogen-bond donors (Lipinski definition) is 0. The Morgan fingerprint density at radius 1 is 1.26 bits per heavy atom. The predicted molar refractivity (Wildman–Crippen MR) is 113 cm³/mol. The van der Waals surface area contributed by atoms with E-state index in [0.717, 1.165) is 0 Å². The van der Waals surface area contributed by atoms with Crippen LogP contribution < -0.4 is 5.56 Å². The minimum Gasteiger partial charge on any atom is -0.467 e. The maximum Gasteiger partial charge on any atom is 0.337 e. The fraction of sp³-hybridized carbons (Fsp3) is 0.286. The standard InChI is InChI=1S/C21H20N4O5S/c1-12(2)18-23-17(30-24-18)11-31-21-22-16-9-13(20(27)28-3)6-7-15(16)19(26)25(21)10-14-5-4-8-29-14/h4-9,12H,10-11H2,1-3H3. The fourth-order valence-electron chi connectivity index (χ4n) is 2.94. The average Bonchev–Trinajstić information content (AvgIpc) is 3.45. The van der Waals surface area contributed by atoms with Gasteiger partial charge in [0.25, 0.3) is 5.56 Å². The second-order valence-electron chi connectivity index (χ2n) is 7.08. The van der Waals surface area contributed by atoms with E-state index >= 15 is 0 Å². The summed E-state index contributed by atoms with van der Waals surface area (Å²) in [6.07, 6.45) is 1.55. The van der Waals surface area contributed by atoms with E-state index in [1.54, 1.807) is 36.6 Å². The molecule has 0 fully saturated rings. The first-order valence-corrected chi connectivity index (χ1v) is 10.6. The van der Waals surface area contributed by atoms with Crippen molar-refractivity contribution in [3.8, 4) is 0 Å². The Labute approximate surface area is 181 Å². The highest BCUT2D eigenvalue weighted by Gasteiger charge is 2.17. The molecule has 0 bridgehead atoms. The monoisotopic (exact) mass is 440 g/mol. The number of benzene rings is 1. The third-order valence-corrected chi connectivity index (χ3v) is 5.52. The zero-order chi connectivity index (χ0) is 22.0. The van der Waals surface area contributed by atoms with Crippen molar-refractivity contribution in [1.82, 2.24) is 19.7 Å². The van der Waals surface area contributed by atoms with Gasteiger partial charge in [0.15, 0.2) is 11.0 Å². The maximum absolute atomic E-state index is 13.2. The lowest BCUT2D eigenvalue weighted by atomic mass is 10.1. The molecule has 1 aromatic carbocycles. The van der Waals surface area contributed by atoms with Crippen molar-refractivity contribution in [2.24, 2.45) is 0 Å². The van der Waals surface area contributed by atoms with Crippen LogP contribution in [0, 0.1) is 0 Å². The van der Waals surface area contributed by atoms with Crippen LogP contribution in [0.5, 0.6) is 0 Å². The molecule has 3 heterocycles. The molecule has 0 N–H and O–H groups in total. The number of ether oxygens (including phenoxy) is 1. The average molecular weight is 440 g/mol. The highest BCUT2D eigenvalue weighted by atomic mass is 32.2. The van der Waals surface area contributed by atoms with Crippen molar-refractivity contribution >= 4 is 28.6 Å². The van der Waals surface area contributed by atoms with Crippen LogP contribution in [0.4, 0.5) is 0 Å². The number of esters is 1. The van der Waals surface area contributed by atoms with Crippen molar-refractivity contribution in [3.63, 3.8) is 0 Å². The molecule has 0 saturated heterocycles. The Kier molecular flexibility index (Phi) is 5.90. The molecule has 3 aromatic heterocycles. The Bertz CT molecular complexity index is 1280. The zero-order valence-corrected chi connectivity index (χ0v) is 18.0. The van der Waals surface area contributed by atoms with E-state index < -0.39 is 5.97 Å². The zero-order valence-electron chi connectivity index (χ0n) is 17.2. The topological polar surface area (TPSA) is 113 Å². The van der Waals surface area contributed by atoms with Gasteiger partial charge in [0.2, 0.25) is 5.89 Å². The number of rotatable bonds is 7. The van der Waals surface area contributed by atoms with Crippen molar-refractivity contribution in [2.75, 3.05) is 7.11 Å². The van der Waals surface area contributed by atoms with Crippen LogP contribution in [0.2, 0.25) is 0 Å². The molecule has 160 valence electrons. The molecule has 0 amide bonds. The van der Waals surface area contributed by atoms with Crippen LogP contribution >= 0.6 is 11.8 Å². The van der Waals surface area contributed by atoms with Gasteiger partial charge in [-0.05, 0) is 30.3 Å². The molecular formula is C21H20N4O5S. The van der Waals surface area contributed by atoms with Gasteiger partial charge < -0.3 is 13.7 Å². The normalized spacial score (nSPS) is 11.4. The van der Waals surface area contributed by atoms with Crippen molar-refractivity contribution in [3.05, 3.63) is 70.0 Å². The van der Waals surface area contributed by atoms with E-state index in [2.05, 4.69) is 15.1 Å². The second kappa shape index (κ2) is 8.76. The van der Waals surface area contributed by atoms with Gasteiger partial charge >= 0.3 is 5.97 Å². The summed E-state index contributed by atoms with van der Waals surface area (Å²) in [5.41, 5.74) is 0.480. The summed E-state index contributed by atoms with van der Waals surface area (Å²) in [6.45, 7) is 4.18. The number of carbonyl (C=O) groups is 1. The summed E-state index contributed by atoms with van der Waals surface area (Å²) in [4.78, 5) is 34.1. The molecule has 0 radical (unpaired) electrons. The van der Waals surface area contributed by atoms with Crippen LogP contribution in [-0.4, -0.2) is 32.8 Å². The maximum atomic E-state index is 13.2. The molecule has 0 aliphatic carbocycles. The predicted octanol–water partition coefficient (Wildman–Crippen LogP) is 3.62. The number of fused-ring (bicyclic) bond motifs is 1. The van der Waals surface area contributed by atoms with E-state index in [1.807, 2.05) is 13.8 Å². The van der Waals surface area contributed by atoms with Crippen LogP contribution in [0.3, 0.4) is 0 Å². The van der Waals surface area contributed by atoms with Crippen LogP contribution in [0.15, 0.2) is 55.5 Å². The third kappa shape index (κ3) is 4.38. The first-order chi connectivity index (χ1) is 15.0. The number of methoxy groups -OCH3 is 1. The van der Waals surface area contributed by atoms with E-state index in [1.165, 1.54) is 23.4 Å². The molecule has 10 heteroatoms. The van der Waals surface area contributed by atoms with Gasteiger partial charge in [0.05, 0.1) is 42.1 Å². The van der Waals surface area contributed by atoms with Gasteiger partial charge in [-0.15, -0.1) is 0 Å². The van der Waals surface area contributed by atoms with E-state index in [9.17, 15) is 9.59 Å². The summed E-state index contributed by atoms with van der Waals surface area (Å²) in [5.74, 6) is 1.68. The summed E-state index contributed by atoms with van der Waals surface area (Å²) in [5, 5.41) is 4.80. The smallest absolute Gasteiger partial charge is 0.337 e. The largest absolute Gasteiger partial charge is 0.467 e. The second-order valence-corrected chi connectivity index (χ2v) is 8.02. The number of hydrogen-bond acceptors (Lipinski definition) is 9. The van der Waals surface area contributed by atoms with E-state index in [-0.39, 0.29) is 18.0 Å². The molecule has 0 spiro atoms. The minimum atomic E-state index is -0.496. The van der Waals surface area contributed by atoms with Crippen LogP contribution in [-0.2, 0) is 17.0 Å². The van der Waals surface area contributed by atoms with Gasteiger partial charge in [0.1, 0.15) is 5.76 Å². The van der Waals surface area contributed by atoms with Crippen molar-refractivity contribution in [2.45, 2.75) is 37.2 Å². The molecule has 0 saturated carbocycles. The van der Waals surface area contributed by atoms with Gasteiger partial charge in [-0.25, -0.2) is 9.78 Å². The molecule has 4 aromatic rings. The van der Waals surface area contributed by atoms with Gasteiger partial charge in [-0.3, -0.25) is 9.36 Å². The minimum absolute atomic E-state index is 0.148. The summed E-state index contributed by atoms with van der Waals surface area (Å²) >= 11 is 1.29. The molecular weight excluding hydrogens is 420 g/mol. The Morgan fingerprint density at radius 2 is 2.10 bits per heavy atom. The molecule has 9 nitrogen and oxygen atoms in total. The lowest BCUT2D eigenvalue weighted by Crippen LogP contribution is -2.24. The number of furan rings is 1. The summed E-state index contributed by atoms with van der Waals surface area (Å²) in [7, 11) is 1.30.